The Morgan fingerprint density at radius 1 is 1.33 bits per heavy atom. The smallest absolute Gasteiger partial charge is 0.299 e. The lowest BCUT2D eigenvalue weighted by Crippen LogP contribution is -2.08. The summed E-state index contributed by atoms with van der Waals surface area (Å²) >= 11 is 0. The first kappa shape index (κ1) is 11.8. The van der Waals surface area contributed by atoms with Crippen molar-refractivity contribution in [2.24, 2.45) is 0 Å². The van der Waals surface area contributed by atoms with Gasteiger partial charge in [0.25, 0.3) is 0 Å². The molecule has 0 heterocycles. The first-order chi connectivity index (χ1) is 6.82. The van der Waals surface area contributed by atoms with E-state index >= 15 is 0 Å². The number of carbonyl (C=O) groups excluding carboxylic acids is 1. The van der Waals surface area contributed by atoms with Crippen LogP contribution in [0, 0.1) is 0 Å². The van der Waals surface area contributed by atoms with Gasteiger partial charge in [0.05, 0.1) is 5.56 Å². The summed E-state index contributed by atoms with van der Waals surface area (Å²) in [6.45, 7) is 2.96. The minimum absolute atomic E-state index is 0.144. The van der Waals surface area contributed by atoms with E-state index in [1.165, 1.54) is 19.1 Å². The molecule has 0 fully saturated rings. The van der Waals surface area contributed by atoms with Crippen LogP contribution in [0.5, 0.6) is 0 Å². The van der Waals surface area contributed by atoms with Crippen molar-refractivity contribution in [2.75, 3.05) is 0 Å². The second-order valence-electron chi connectivity index (χ2n) is 3.46. The summed E-state index contributed by atoms with van der Waals surface area (Å²) < 4.78 is 37.0. The highest BCUT2D eigenvalue weighted by molar-refractivity contribution is 5.82. The summed E-state index contributed by atoms with van der Waals surface area (Å²) in [7, 11) is 0. The molecule has 0 radical (unpaired) electrons. The number of Topliss-reactive ketones (excluding diaryl/α,β-unsaturated/α-hetero) is 1. The first-order valence-electron chi connectivity index (χ1n) is 4.50. The van der Waals surface area contributed by atoms with Crippen LogP contribution in [0.4, 0.5) is 13.2 Å². The fourth-order valence-electron chi connectivity index (χ4n) is 1.22. The molecule has 4 heteroatoms. The van der Waals surface area contributed by atoms with Crippen molar-refractivity contribution < 1.29 is 18.0 Å². The molecule has 1 rings (SSSR count). The molecule has 0 bridgehead atoms. The Labute approximate surface area is 85.9 Å². The van der Waals surface area contributed by atoms with Crippen LogP contribution in [0.2, 0.25) is 0 Å². The van der Waals surface area contributed by atoms with Gasteiger partial charge in [-0.3, -0.25) is 4.79 Å². The van der Waals surface area contributed by atoms with Crippen molar-refractivity contribution in [2.45, 2.75) is 25.9 Å². The Morgan fingerprint density at radius 3 is 2.40 bits per heavy atom. The fourth-order valence-corrected chi connectivity index (χ4v) is 1.22. The van der Waals surface area contributed by atoms with Gasteiger partial charge in [0.15, 0.2) is 0 Å². The van der Waals surface area contributed by atoms with Crippen LogP contribution in [0.15, 0.2) is 24.3 Å². The van der Waals surface area contributed by atoms with Crippen molar-refractivity contribution in [3.05, 3.63) is 35.4 Å². The van der Waals surface area contributed by atoms with E-state index in [9.17, 15) is 18.0 Å². The maximum absolute atomic E-state index is 12.3. The minimum Gasteiger partial charge on any atom is -0.299 e. The standard InChI is InChI=1S/C11H11F3O/c1-7(8(2)15)9-4-3-5-10(6-9)11(12,13)14/h3-7H,1-2H3/t7-/m1/s1. The molecular formula is C11H11F3O. The van der Waals surface area contributed by atoms with Gasteiger partial charge >= 0.3 is 6.18 Å². The first-order valence-corrected chi connectivity index (χ1v) is 4.50. The van der Waals surface area contributed by atoms with Crippen molar-refractivity contribution in [1.29, 1.82) is 0 Å². The Kier molecular flexibility index (Phi) is 3.17. The maximum atomic E-state index is 12.3. The summed E-state index contributed by atoms with van der Waals surface area (Å²) in [6.07, 6.45) is -4.35. The molecular weight excluding hydrogens is 205 g/mol. The zero-order valence-electron chi connectivity index (χ0n) is 8.43. The Balaban J connectivity index is 3.08. The van der Waals surface area contributed by atoms with E-state index in [2.05, 4.69) is 0 Å². The van der Waals surface area contributed by atoms with Crippen LogP contribution in [0.1, 0.15) is 30.9 Å². The van der Waals surface area contributed by atoms with Gasteiger partial charge in [0.2, 0.25) is 0 Å². The Bertz CT molecular complexity index is 368. The predicted molar refractivity (Wildman–Crippen MR) is 50.5 cm³/mol. The third-order valence-electron chi connectivity index (χ3n) is 2.32. The highest BCUT2D eigenvalue weighted by Crippen LogP contribution is 2.31. The number of carbonyl (C=O) groups is 1. The number of benzene rings is 1. The molecule has 0 aliphatic carbocycles. The maximum Gasteiger partial charge on any atom is 0.416 e. The van der Waals surface area contributed by atoms with Gasteiger partial charge in [-0.1, -0.05) is 25.1 Å². The average molecular weight is 216 g/mol. The van der Waals surface area contributed by atoms with Crippen molar-refractivity contribution in [3.8, 4) is 0 Å². The van der Waals surface area contributed by atoms with Gasteiger partial charge in [0, 0.05) is 5.92 Å². The molecule has 0 aromatic heterocycles. The molecule has 0 aliphatic rings. The van der Waals surface area contributed by atoms with Gasteiger partial charge < -0.3 is 0 Å². The molecule has 1 nitrogen and oxygen atoms in total. The summed E-state index contributed by atoms with van der Waals surface area (Å²) in [4.78, 5) is 11.0. The molecule has 82 valence electrons. The van der Waals surface area contributed by atoms with E-state index in [4.69, 9.17) is 0 Å². The Morgan fingerprint density at radius 2 is 1.93 bits per heavy atom. The molecule has 0 amide bonds. The van der Waals surface area contributed by atoms with Gasteiger partial charge in [-0.25, -0.2) is 0 Å². The monoisotopic (exact) mass is 216 g/mol. The zero-order valence-corrected chi connectivity index (χ0v) is 8.43. The minimum atomic E-state index is -4.35. The summed E-state index contributed by atoms with van der Waals surface area (Å²) in [6, 6.07) is 4.86. The van der Waals surface area contributed by atoms with Crippen LogP contribution >= 0.6 is 0 Å². The van der Waals surface area contributed by atoms with E-state index in [1.807, 2.05) is 0 Å². The van der Waals surface area contributed by atoms with Gasteiger partial charge in [-0.05, 0) is 18.6 Å². The van der Waals surface area contributed by atoms with Gasteiger partial charge in [-0.2, -0.15) is 13.2 Å². The second kappa shape index (κ2) is 4.04. The number of halogens is 3. The van der Waals surface area contributed by atoms with Crippen LogP contribution < -0.4 is 0 Å². The lowest BCUT2D eigenvalue weighted by atomic mass is 9.96. The van der Waals surface area contributed by atoms with E-state index in [-0.39, 0.29) is 5.78 Å². The molecule has 0 N–H and O–H groups in total. The largest absolute Gasteiger partial charge is 0.416 e. The van der Waals surface area contributed by atoms with Crippen molar-refractivity contribution >= 4 is 5.78 Å². The average Bonchev–Trinajstić information content (AvgIpc) is 2.15. The summed E-state index contributed by atoms with van der Waals surface area (Å²) in [5.74, 6) is -0.637. The zero-order chi connectivity index (χ0) is 11.6. The van der Waals surface area contributed by atoms with Crippen LogP contribution in [0.25, 0.3) is 0 Å². The fraction of sp³-hybridized carbons (Fsp3) is 0.364. The van der Waals surface area contributed by atoms with Crippen molar-refractivity contribution in [1.82, 2.24) is 0 Å². The van der Waals surface area contributed by atoms with E-state index in [0.717, 1.165) is 12.1 Å². The van der Waals surface area contributed by atoms with Crippen LogP contribution in [0.3, 0.4) is 0 Å². The van der Waals surface area contributed by atoms with E-state index in [0.29, 0.717) is 5.56 Å². The van der Waals surface area contributed by atoms with Crippen molar-refractivity contribution in [3.63, 3.8) is 0 Å². The van der Waals surface area contributed by atoms with Crippen LogP contribution in [-0.4, -0.2) is 5.78 Å². The number of alkyl halides is 3. The summed E-state index contributed by atoms with van der Waals surface area (Å²) in [5, 5.41) is 0. The molecule has 0 unspecified atom stereocenters. The Hall–Kier alpha value is -1.32. The normalized spacial score (nSPS) is 13.7. The third-order valence-corrected chi connectivity index (χ3v) is 2.32. The predicted octanol–water partition coefficient (Wildman–Crippen LogP) is 3.40. The highest BCUT2D eigenvalue weighted by atomic mass is 19.4. The number of hydrogen-bond donors (Lipinski definition) is 0. The quantitative estimate of drug-likeness (QED) is 0.740. The topological polar surface area (TPSA) is 17.1 Å². The van der Waals surface area contributed by atoms with E-state index < -0.39 is 17.7 Å². The summed E-state index contributed by atoms with van der Waals surface area (Å²) in [5.41, 5.74) is -0.314. The molecule has 1 aromatic rings. The lowest BCUT2D eigenvalue weighted by Gasteiger charge is -2.11. The molecule has 0 saturated heterocycles. The molecule has 0 saturated carbocycles. The molecule has 1 atom stereocenters. The molecule has 0 aliphatic heterocycles. The number of hydrogen-bond acceptors (Lipinski definition) is 1. The molecule has 15 heavy (non-hydrogen) atoms. The van der Waals surface area contributed by atoms with E-state index in [1.54, 1.807) is 6.92 Å². The lowest BCUT2D eigenvalue weighted by molar-refractivity contribution is -0.137. The van der Waals surface area contributed by atoms with Gasteiger partial charge in [0.1, 0.15) is 5.78 Å². The second-order valence-corrected chi connectivity index (χ2v) is 3.46. The number of rotatable bonds is 2. The molecule has 1 aromatic carbocycles. The number of ketones is 1. The SMILES string of the molecule is CC(=O)[C@@H](C)c1cccc(C(F)(F)F)c1. The van der Waals surface area contributed by atoms with Gasteiger partial charge in [-0.15, -0.1) is 0 Å². The molecule has 0 spiro atoms. The highest BCUT2D eigenvalue weighted by Gasteiger charge is 2.30. The third kappa shape index (κ3) is 2.81. The van der Waals surface area contributed by atoms with Crippen LogP contribution in [-0.2, 0) is 11.0 Å².